The number of carbonyl (C=O) groups excluding carboxylic acids is 1. The lowest BCUT2D eigenvalue weighted by Gasteiger charge is -2.37. The lowest BCUT2D eigenvalue weighted by Crippen LogP contribution is -2.45. The van der Waals surface area contributed by atoms with Gasteiger partial charge in [-0.3, -0.25) is 9.69 Å². The van der Waals surface area contributed by atoms with E-state index in [0.29, 0.717) is 19.1 Å². The van der Waals surface area contributed by atoms with E-state index in [2.05, 4.69) is 4.90 Å². The SMILES string of the molecule is Cc1cc(C(F)(F)F)cc(C(F)(F)F)c1C(=O)C[C@@H]1COCC[C@H]1N1CCCC1. The van der Waals surface area contributed by atoms with Gasteiger partial charge in [-0.15, -0.1) is 0 Å². The van der Waals surface area contributed by atoms with E-state index in [4.69, 9.17) is 4.74 Å². The van der Waals surface area contributed by atoms with Gasteiger partial charge >= 0.3 is 12.4 Å². The fraction of sp³-hybridized carbons (Fsp3) is 0.650. The van der Waals surface area contributed by atoms with Gasteiger partial charge in [-0.2, -0.15) is 26.3 Å². The van der Waals surface area contributed by atoms with Crippen LogP contribution in [0, 0.1) is 12.8 Å². The molecule has 3 nitrogen and oxygen atoms in total. The first-order valence-electron chi connectivity index (χ1n) is 9.62. The average Bonchev–Trinajstić information content (AvgIpc) is 3.14. The van der Waals surface area contributed by atoms with Crippen LogP contribution in [-0.4, -0.2) is 43.0 Å². The lowest BCUT2D eigenvalue weighted by molar-refractivity contribution is -0.143. The first-order valence-corrected chi connectivity index (χ1v) is 9.62. The molecule has 2 aliphatic rings. The van der Waals surface area contributed by atoms with Crippen LogP contribution in [0.2, 0.25) is 0 Å². The van der Waals surface area contributed by atoms with E-state index >= 15 is 0 Å². The van der Waals surface area contributed by atoms with Crippen LogP contribution in [0.15, 0.2) is 12.1 Å². The summed E-state index contributed by atoms with van der Waals surface area (Å²) < 4.78 is 84.9. The zero-order valence-corrected chi connectivity index (χ0v) is 16.0. The van der Waals surface area contributed by atoms with Gasteiger partial charge in [0, 0.05) is 30.6 Å². The van der Waals surface area contributed by atoms with E-state index in [1.54, 1.807) is 0 Å². The normalized spacial score (nSPS) is 24.1. The molecule has 0 amide bonds. The Balaban J connectivity index is 1.91. The summed E-state index contributed by atoms with van der Waals surface area (Å²) in [5.74, 6) is -1.07. The second-order valence-corrected chi connectivity index (χ2v) is 7.77. The maximum absolute atomic E-state index is 13.5. The number of halogens is 6. The van der Waals surface area contributed by atoms with Gasteiger partial charge in [0.1, 0.15) is 0 Å². The van der Waals surface area contributed by atoms with Gasteiger partial charge in [0.15, 0.2) is 5.78 Å². The van der Waals surface area contributed by atoms with Crippen molar-refractivity contribution in [3.63, 3.8) is 0 Å². The molecular weight excluding hydrogens is 400 g/mol. The van der Waals surface area contributed by atoms with Crippen molar-refractivity contribution < 1.29 is 35.9 Å². The molecule has 29 heavy (non-hydrogen) atoms. The minimum Gasteiger partial charge on any atom is -0.381 e. The van der Waals surface area contributed by atoms with Gasteiger partial charge in [-0.25, -0.2) is 0 Å². The Morgan fingerprint density at radius 3 is 2.34 bits per heavy atom. The van der Waals surface area contributed by atoms with Crippen LogP contribution < -0.4 is 0 Å². The number of rotatable bonds is 4. The van der Waals surface area contributed by atoms with E-state index < -0.39 is 34.8 Å². The second-order valence-electron chi connectivity index (χ2n) is 7.77. The first-order chi connectivity index (χ1) is 13.5. The van der Waals surface area contributed by atoms with Crippen molar-refractivity contribution in [1.82, 2.24) is 4.90 Å². The molecule has 0 aromatic heterocycles. The van der Waals surface area contributed by atoms with Crippen molar-refractivity contribution in [2.24, 2.45) is 5.92 Å². The van der Waals surface area contributed by atoms with E-state index in [9.17, 15) is 31.1 Å². The molecule has 0 radical (unpaired) electrons. The number of nitrogens with zero attached hydrogens (tertiary/aromatic N) is 1. The Labute approximate surface area is 165 Å². The zero-order valence-electron chi connectivity index (χ0n) is 16.0. The van der Waals surface area contributed by atoms with Crippen molar-refractivity contribution in [1.29, 1.82) is 0 Å². The van der Waals surface area contributed by atoms with Crippen molar-refractivity contribution in [2.75, 3.05) is 26.3 Å². The number of aryl methyl sites for hydroxylation is 1. The highest BCUT2D eigenvalue weighted by Gasteiger charge is 2.41. The molecule has 0 saturated carbocycles. The number of ketones is 1. The predicted molar refractivity (Wildman–Crippen MR) is 93.7 cm³/mol. The molecule has 3 rings (SSSR count). The van der Waals surface area contributed by atoms with Crippen LogP contribution in [0.4, 0.5) is 26.3 Å². The Bertz CT molecular complexity index is 753. The molecule has 1 aromatic rings. The molecule has 2 saturated heterocycles. The highest BCUT2D eigenvalue weighted by Crippen LogP contribution is 2.40. The van der Waals surface area contributed by atoms with E-state index in [1.165, 1.54) is 0 Å². The van der Waals surface area contributed by atoms with Gasteiger partial charge in [0.25, 0.3) is 0 Å². The summed E-state index contributed by atoms with van der Waals surface area (Å²) in [6, 6.07) is 0.687. The van der Waals surface area contributed by atoms with Gasteiger partial charge in [0.05, 0.1) is 17.7 Å². The van der Waals surface area contributed by atoms with Crippen LogP contribution >= 0.6 is 0 Å². The lowest BCUT2D eigenvalue weighted by atomic mass is 9.85. The van der Waals surface area contributed by atoms with Crippen molar-refractivity contribution in [3.05, 3.63) is 34.4 Å². The Hall–Kier alpha value is -1.61. The monoisotopic (exact) mass is 423 g/mol. The summed E-state index contributed by atoms with van der Waals surface area (Å²) >= 11 is 0. The number of carbonyl (C=O) groups is 1. The van der Waals surface area contributed by atoms with Crippen molar-refractivity contribution in [2.45, 2.75) is 51.0 Å². The molecule has 9 heteroatoms. The van der Waals surface area contributed by atoms with Crippen LogP contribution in [-0.2, 0) is 17.1 Å². The molecule has 1 aromatic carbocycles. The summed E-state index contributed by atoms with van der Waals surface area (Å²) in [4.78, 5) is 15.1. The van der Waals surface area contributed by atoms with Crippen LogP contribution in [0.3, 0.4) is 0 Å². The van der Waals surface area contributed by atoms with E-state index in [0.717, 1.165) is 32.9 Å². The number of hydrogen-bond donors (Lipinski definition) is 0. The maximum atomic E-state index is 13.5. The molecule has 0 bridgehead atoms. The molecule has 0 N–H and O–H groups in total. The molecule has 0 aliphatic carbocycles. The molecule has 0 unspecified atom stereocenters. The third kappa shape index (κ3) is 4.94. The standard InChI is InChI=1S/C20H23F6NO2/c1-12-8-14(19(21,22)23)10-15(20(24,25)26)18(12)17(28)9-13-11-29-7-4-16(13)27-5-2-3-6-27/h8,10,13,16H,2-7,9,11H2,1H3/t13-,16-/m1/s1. The quantitative estimate of drug-likeness (QED) is 0.498. The fourth-order valence-corrected chi connectivity index (χ4v) is 4.42. The number of likely N-dealkylation sites (tertiary alicyclic amines) is 1. The summed E-state index contributed by atoms with van der Waals surface area (Å²) in [6.07, 6.45) is -7.41. The van der Waals surface area contributed by atoms with Gasteiger partial charge in [0.2, 0.25) is 0 Å². The summed E-state index contributed by atoms with van der Waals surface area (Å²) in [5, 5.41) is 0. The number of hydrogen-bond acceptors (Lipinski definition) is 3. The van der Waals surface area contributed by atoms with E-state index in [1.807, 2.05) is 0 Å². The largest absolute Gasteiger partial charge is 0.417 e. The molecular formula is C20H23F6NO2. The van der Waals surface area contributed by atoms with Gasteiger partial charge in [-0.05, 0) is 57.0 Å². The Kier molecular flexibility index (Phi) is 6.29. The molecule has 2 atom stereocenters. The third-order valence-electron chi connectivity index (χ3n) is 5.74. The summed E-state index contributed by atoms with van der Waals surface area (Å²) in [7, 11) is 0. The number of alkyl halides is 6. The highest BCUT2D eigenvalue weighted by molar-refractivity contribution is 5.99. The Morgan fingerprint density at radius 2 is 1.76 bits per heavy atom. The first kappa shape index (κ1) is 22.1. The third-order valence-corrected chi connectivity index (χ3v) is 5.74. The predicted octanol–water partition coefficient (Wildman–Crippen LogP) is 5.11. The van der Waals surface area contributed by atoms with Gasteiger partial charge < -0.3 is 4.74 Å². The number of benzene rings is 1. The highest BCUT2D eigenvalue weighted by atomic mass is 19.4. The molecule has 2 fully saturated rings. The minimum atomic E-state index is -5.06. The zero-order chi connectivity index (χ0) is 21.4. The number of Topliss-reactive ketones (excluding diaryl/α,β-unsaturated/α-hetero) is 1. The molecule has 2 heterocycles. The summed E-state index contributed by atoms with van der Waals surface area (Å²) in [6.45, 7) is 3.66. The number of ether oxygens (including phenoxy) is 1. The Morgan fingerprint density at radius 1 is 1.10 bits per heavy atom. The van der Waals surface area contributed by atoms with Crippen LogP contribution in [0.25, 0.3) is 0 Å². The minimum absolute atomic E-state index is 0.0373. The average molecular weight is 423 g/mol. The van der Waals surface area contributed by atoms with Crippen molar-refractivity contribution in [3.8, 4) is 0 Å². The summed E-state index contributed by atoms with van der Waals surface area (Å²) in [5.41, 5.74) is -3.91. The van der Waals surface area contributed by atoms with E-state index in [-0.39, 0.29) is 36.6 Å². The molecule has 162 valence electrons. The van der Waals surface area contributed by atoms with Gasteiger partial charge in [-0.1, -0.05) is 0 Å². The van der Waals surface area contributed by atoms with Crippen LogP contribution in [0.5, 0.6) is 0 Å². The van der Waals surface area contributed by atoms with Crippen molar-refractivity contribution >= 4 is 5.78 Å². The second kappa shape index (κ2) is 8.26. The molecule has 0 spiro atoms. The smallest absolute Gasteiger partial charge is 0.381 e. The topological polar surface area (TPSA) is 29.5 Å². The molecule has 2 aliphatic heterocycles. The van der Waals surface area contributed by atoms with Crippen LogP contribution in [0.1, 0.15) is 52.7 Å². The maximum Gasteiger partial charge on any atom is 0.417 e. The fourth-order valence-electron chi connectivity index (χ4n) is 4.42.